The monoisotopic (exact) mass is 661 g/mol. The average Bonchev–Trinajstić information content (AvgIpc) is 3.39. The Morgan fingerprint density at radius 1 is 0.878 bits per heavy atom. The third-order valence-electron chi connectivity index (χ3n) is 10.8. The summed E-state index contributed by atoms with van der Waals surface area (Å²) in [6.07, 6.45) is 6.66. The van der Waals surface area contributed by atoms with Crippen molar-refractivity contribution in [3.8, 4) is 0 Å². The molecule has 7 rings (SSSR count). The van der Waals surface area contributed by atoms with Gasteiger partial charge in [-0.3, -0.25) is 9.59 Å². The number of unbranched alkanes of at least 4 members (excludes halogenated alkanes) is 2. The molecule has 1 saturated heterocycles. The van der Waals surface area contributed by atoms with Crippen LogP contribution in [-0.4, -0.2) is 55.5 Å². The van der Waals surface area contributed by atoms with Crippen LogP contribution < -0.4 is 25.2 Å². The number of imide groups is 1. The van der Waals surface area contributed by atoms with E-state index >= 15 is 0 Å². The molecule has 0 aromatic heterocycles. The zero-order valence-corrected chi connectivity index (χ0v) is 28.6. The Labute approximate surface area is 286 Å². The molecular formula is C40H43N3O6. The van der Waals surface area contributed by atoms with Crippen LogP contribution in [-0.2, 0) is 37.5 Å². The number of carbonyl (C=O) groups excluding carboxylic acids is 4. The summed E-state index contributed by atoms with van der Waals surface area (Å²) < 4.78 is 2.33. The van der Waals surface area contributed by atoms with Crippen molar-refractivity contribution in [2.75, 3.05) is 31.6 Å². The Bertz CT molecular complexity index is 2010. The van der Waals surface area contributed by atoms with E-state index in [1.165, 1.54) is 33.3 Å². The molecule has 0 spiro atoms. The topological polar surface area (TPSA) is 110 Å². The SMILES string of the molecule is C[N+]1=c2cc3c(cc2CCC1)=C(c1ccccc1C(=O)[O-])c1cc2c(cc1C3(C)C)N(CCCCCC(=O)ON1C(=O)CCC1=O)CCC2. The number of aryl methyl sites for hydroxylation is 2. The highest BCUT2D eigenvalue weighted by Crippen LogP contribution is 2.44. The van der Waals surface area contributed by atoms with Crippen molar-refractivity contribution in [3.05, 3.63) is 98.1 Å². The molecule has 9 heteroatoms. The molecule has 49 heavy (non-hydrogen) atoms. The predicted molar refractivity (Wildman–Crippen MR) is 183 cm³/mol. The molecule has 1 fully saturated rings. The van der Waals surface area contributed by atoms with E-state index in [1.54, 1.807) is 12.1 Å². The number of carboxylic acid groups (broad SMARTS) is 1. The van der Waals surface area contributed by atoms with Crippen LogP contribution in [0.5, 0.6) is 0 Å². The molecule has 0 unspecified atom stereocenters. The normalized spacial score (nSPS) is 17.8. The minimum Gasteiger partial charge on any atom is -0.545 e. The molecule has 254 valence electrons. The van der Waals surface area contributed by atoms with Crippen LogP contribution in [0.25, 0.3) is 5.57 Å². The van der Waals surface area contributed by atoms with Crippen molar-refractivity contribution in [1.29, 1.82) is 0 Å². The zero-order chi connectivity index (χ0) is 34.4. The standard InChI is InChI=1S/C40H43N3O6/c1-40(2)31-23-33-25(11-9-18-41(33)3)21-29(31)38(27-13-6-7-14-28(27)39(47)48)30-22-26-12-10-20-42(34(26)24-32(30)40)19-8-4-5-15-37(46)49-43-35(44)16-17-36(43)45/h6-7,13-14,21-24H,4-5,8-12,15-20H2,1-3H3. The number of carboxylic acids is 1. The van der Waals surface area contributed by atoms with Gasteiger partial charge in [0, 0.05) is 67.1 Å². The molecule has 0 N–H and O–H groups in total. The van der Waals surface area contributed by atoms with E-state index < -0.39 is 23.8 Å². The predicted octanol–water partition coefficient (Wildman–Crippen LogP) is 2.92. The lowest BCUT2D eigenvalue weighted by molar-refractivity contribution is -0.255. The van der Waals surface area contributed by atoms with Gasteiger partial charge in [0.2, 0.25) is 5.36 Å². The summed E-state index contributed by atoms with van der Waals surface area (Å²) in [7, 11) is 2.15. The summed E-state index contributed by atoms with van der Waals surface area (Å²) in [6, 6.07) is 16.5. The smallest absolute Gasteiger partial charge is 0.333 e. The van der Waals surface area contributed by atoms with Crippen LogP contribution in [0.4, 0.5) is 5.69 Å². The maximum atomic E-state index is 12.5. The van der Waals surface area contributed by atoms with Gasteiger partial charge < -0.3 is 19.6 Å². The van der Waals surface area contributed by atoms with Gasteiger partial charge in [-0.05, 0) is 88.9 Å². The van der Waals surface area contributed by atoms with Crippen molar-refractivity contribution in [3.63, 3.8) is 0 Å². The number of hydrogen-bond acceptors (Lipinski definition) is 7. The largest absolute Gasteiger partial charge is 0.545 e. The summed E-state index contributed by atoms with van der Waals surface area (Å²) in [5.74, 6) is -2.66. The highest BCUT2D eigenvalue weighted by molar-refractivity contribution is 6.01. The number of nitrogens with zero attached hydrogens (tertiary/aromatic N) is 3. The lowest BCUT2D eigenvalue weighted by atomic mass is 9.67. The van der Waals surface area contributed by atoms with Crippen molar-refractivity contribution >= 4 is 35.0 Å². The Balaban J connectivity index is 1.21. The first-order chi connectivity index (χ1) is 23.5. The molecule has 3 heterocycles. The Kier molecular flexibility index (Phi) is 8.63. The highest BCUT2D eigenvalue weighted by Gasteiger charge is 2.37. The molecule has 4 aliphatic rings. The molecule has 1 aliphatic carbocycles. The molecule has 3 aromatic rings. The fraction of sp³-hybridized carbons (Fsp3) is 0.425. The average molecular weight is 662 g/mol. The van der Waals surface area contributed by atoms with E-state index in [-0.39, 0.29) is 30.2 Å². The van der Waals surface area contributed by atoms with Crippen LogP contribution in [0.3, 0.4) is 0 Å². The summed E-state index contributed by atoms with van der Waals surface area (Å²) in [5, 5.41) is 15.4. The second kappa shape index (κ2) is 12.9. The maximum Gasteiger partial charge on any atom is 0.333 e. The fourth-order valence-electron chi connectivity index (χ4n) is 8.22. The summed E-state index contributed by atoms with van der Waals surface area (Å²) in [5.41, 5.74) is 8.75. The number of aromatic carboxylic acids is 1. The van der Waals surface area contributed by atoms with Gasteiger partial charge in [-0.15, -0.1) is 5.06 Å². The van der Waals surface area contributed by atoms with Crippen LogP contribution in [0.2, 0.25) is 0 Å². The van der Waals surface area contributed by atoms with Gasteiger partial charge in [-0.25, -0.2) is 9.37 Å². The summed E-state index contributed by atoms with van der Waals surface area (Å²) >= 11 is 0. The minimum atomic E-state index is -1.18. The van der Waals surface area contributed by atoms with E-state index in [4.69, 9.17) is 4.84 Å². The Morgan fingerprint density at radius 2 is 1.63 bits per heavy atom. The minimum absolute atomic E-state index is 0.0854. The number of carbonyl (C=O) groups is 4. The van der Waals surface area contributed by atoms with Gasteiger partial charge in [0.15, 0.2) is 0 Å². The highest BCUT2D eigenvalue weighted by atomic mass is 16.7. The third-order valence-corrected chi connectivity index (χ3v) is 10.8. The van der Waals surface area contributed by atoms with Gasteiger partial charge >= 0.3 is 5.97 Å². The molecule has 0 radical (unpaired) electrons. The van der Waals surface area contributed by atoms with Crippen molar-refractivity contribution < 1.29 is 29.1 Å². The number of amides is 2. The van der Waals surface area contributed by atoms with E-state index in [2.05, 4.69) is 54.6 Å². The maximum absolute atomic E-state index is 12.5. The molecule has 0 atom stereocenters. The number of fused-ring (bicyclic) bond motifs is 4. The number of anilines is 1. The quantitative estimate of drug-likeness (QED) is 0.197. The molecular weight excluding hydrogens is 618 g/mol. The fourth-order valence-corrected chi connectivity index (χ4v) is 8.22. The van der Waals surface area contributed by atoms with Crippen LogP contribution in [0, 0.1) is 0 Å². The summed E-state index contributed by atoms with van der Waals surface area (Å²) in [6.45, 7) is 7.34. The van der Waals surface area contributed by atoms with E-state index in [9.17, 15) is 24.3 Å². The van der Waals surface area contributed by atoms with Crippen molar-refractivity contribution in [1.82, 2.24) is 9.64 Å². The Morgan fingerprint density at radius 3 is 2.41 bits per heavy atom. The van der Waals surface area contributed by atoms with Crippen molar-refractivity contribution in [2.45, 2.75) is 83.5 Å². The molecule has 2 amide bonds. The van der Waals surface area contributed by atoms with E-state index in [0.29, 0.717) is 17.0 Å². The second-order valence-electron chi connectivity index (χ2n) is 14.4. The summed E-state index contributed by atoms with van der Waals surface area (Å²) in [4.78, 5) is 55.7. The lowest BCUT2D eigenvalue weighted by Crippen LogP contribution is -2.42. The van der Waals surface area contributed by atoms with E-state index in [0.717, 1.165) is 74.5 Å². The molecule has 0 bridgehead atoms. The van der Waals surface area contributed by atoms with E-state index in [1.807, 2.05) is 12.1 Å². The zero-order valence-electron chi connectivity index (χ0n) is 28.6. The van der Waals surface area contributed by atoms with Gasteiger partial charge in [0.1, 0.15) is 13.6 Å². The van der Waals surface area contributed by atoms with Crippen molar-refractivity contribution in [2.24, 2.45) is 0 Å². The van der Waals surface area contributed by atoms with Gasteiger partial charge in [-0.2, -0.15) is 0 Å². The van der Waals surface area contributed by atoms with Crippen LogP contribution >= 0.6 is 0 Å². The number of hydrogen-bond donors (Lipinski definition) is 0. The number of benzene rings is 3. The first kappa shape index (κ1) is 32.7. The first-order valence-electron chi connectivity index (χ1n) is 17.6. The van der Waals surface area contributed by atoms with Gasteiger partial charge in [-0.1, -0.05) is 44.5 Å². The van der Waals surface area contributed by atoms with Gasteiger partial charge in [0.25, 0.3) is 11.8 Å². The molecule has 9 nitrogen and oxygen atoms in total. The molecule has 0 saturated carbocycles. The lowest BCUT2D eigenvalue weighted by Gasteiger charge is -2.39. The third kappa shape index (κ3) is 5.93. The van der Waals surface area contributed by atoms with Crippen LogP contribution in [0.15, 0.2) is 48.5 Å². The Hall–Kier alpha value is -4.79. The second-order valence-corrected chi connectivity index (χ2v) is 14.4. The number of rotatable bonds is 9. The number of hydroxylamine groups is 2. The molecule has 3 aromatic carbocycles. The molecule has 3 aliphatic heterocycles. The first-order valence-corrected chi connectivity index (χ1v) is 17.6. The van der Waals surface area contributed by atoms with Crippen LogP contribution in [0.1, 0.15) is 109 Å². The van der Waals surface area contributed by atoms with Gasteiger partial charge in [0.05, 0.1) is 5.97 Å².